The second-order valence-electron chi connectivity index (χ2n) is 5.95. The van der Waals surface area contributed by atoms with Crippen molar-refractivity contribution in [1.29, 1.82) is 0 Å². The minimum Gasteiger partial charge on any atom is -0.488 e. The number of benzene rings is 2. The van der Waals surface area contributed by atoms with Gasteiger partial charge in [0.15, 0.2) is 0 Å². The fourth-order valence-electron chi connectivity index (χ4n) is 2.46. The Morgan fingerprint density at radius 1 is 1.21 bits per heavy atom. The molecule has 2 aromatic rings. The van der Waals surface area contributed by atoms with Gasteiger partial charge in [-0.2, -0.15) is 0 Å². The second-order valence-corrected chi connectivity index (χ2v) is 8.64. The lowest BCUT2D eigenvalue weighted by atomic mass is 10.2. The first-order chi connectivity index (χ1) is 13.7. The average molecular weight is 516 g/mol. The predicted molar refractivity (Wildman–Crippen MR) is 117 cm³/mol. The van der Waals surface area contributed by atoms with Crippen LogP contribution in [0.25, 0.3) is 6.08 Å². The number of thioether (sulfide) groups is 1. The van der Waals surface area contributed by atoms with Crippen LogP contribution in [0.15, 0.2) is 45.8 Å². The zero-order chi connectivity index (χ0) is 21.1. The fraction of sp³-hybridized carbons (Fsp3) is 0.105. The molecule has 29 heavy (non-hydrogen) atoms. The van der Waals surface area contributed by atoms with Crippen LogP contribution in [0.4, 0.5) is 4.79 Å². The maximum atomic E-state index is 12.3. The number of ether oxygens (including phenoxy) is 1. The van der Waals surface area contributed by atoms with E-state index in [0.29, 0.717) is 25.8 Å². The lowest BCUT2D eigenvalue weighted by molar-refractivity contribution is -0.127. The number of hydrogen-bond acceptors (Lipinski definition) is 5. The number of carbonyl (C=O) groups is 3. The molecule has 2 aromatic carbocycles. The largest absolute Gasteiger partial charge is 0.488 e. The van der Waals surface area contributed by atoms with Crippen LogP contribution in [0, 0.1) is 0 Å². The second kappa shape index (κ2) is 9.21. The van der Waals surface area contributed by atoms with Gasteiger partial charge in [-0.15, -0.1) is 0 Å². The van der Waals surface area contributed by atoms with Crippen molar-refractivity contribution in [2.75, 3.05) is 6.54 Å². The first-order valence-corrected chi connectivity index (χ1v) is 10.5. The van der Waals surface area contributed by atoms with E-state index in [1.807, 2.05) is 0 Å². The quantitative estimate of drug-likeness (QED) is 0.555. The maximum absolute atomic E-state index is 12.3. The molecule has 0 unspecified atom stereocenters. The molecular formula is C19H13BrCl2N2O4S. The van der Waals surface area contributed by atoms with Gasteiger partial charge in [0, 0.05) is 15.6 Å². The van der Waals surface area contributed by atoms with Crippen molar-refractivity contribution in [3.05, 3.63) is 66.9 Å². The van der Waals surface area contributed by atoms with Crippen molar-refractivity contribution in [2.24, 2.45) is 5.73 Å². The number of amides is 3. The summed E-state index contributed by atoms with van der Waals surface area (Å²) in [5.41, 5.74) is 6.54. The minimum absolute atomic E-state index is 0.213. The summed E-state index contributed by atoms with van der Waals surface area (Å²) in [5, 5.41) is 0.528. The van der Waals surface area contributed by atoms with Gasteiger partial charge in [-0.3, -0.25) is 19.3 Å². The van der Waals surface area contributed by atoms with Gasteiger partial charge in [0.25, 0.3) is 11.1 Å². The first kappa shape index (κ1) is 21.7. The third kappa shape index (κ3) is 5.33. The maximum Gasteiger partial charge on any atom is 0.294 e. The van der Waals surface area contributed by atoms with Crippen LogP contribution in [-0.2, 0) is 16.2 Å². The number of nitrogens with zero attached hydrogens (tertiary/aromatic N) is 1. The molecular weight excluding hydrogens is 503 g/mol. The summed E-state index contributed by atoms with van der Waals surface area (Å²) in [4.78, 5) is 36.2. The van der Waals surface area contributed by atoms with E-state index < -0.39 is 23.6 Å². The highest BCUT2D eigenvalue weighted by Crippen LogP contribution is 2.34. The summed E-state index contributed by atoms with van der Waals surface area (Å²) in [7, 11) is 0. The van der Waals surface area contributed by atoms with E-state index in [1.165, 1.54) is 0 Å². The topological polar surface area (TPSA) is 89.7 Å². The van der Waals surface area contributed by atoms with Crippen LogP contribution in [0.3, 0.4) is 0 Å². The Hall–Kier alpha value is -2.00. The molecule has 1 aliphatic heterocycles. The monoisotopic (exact) mass is 514 g/mol. The van der Waals surface area contributed by atoms with Crippen molar-refractivity contribution in [3.63, 3.8) is 0 Å². The molecule has 0 bridgehead atoms. The molecule has 1 aliphatic rings. The van der Waals surface area contributed by atoms with Gasteiger partial charge in [-0.05, 0) is 63.6 Å². The molecule has 150 valence electrons. The van der Waals surface area contributed by atoms with Crippen LogP contribution >= 0.6 is 50.9 Å². The van der Waals surface area contributed by atoms with E-state index in [1.54, 1.807) is 42.5 Å². The van der Waals surface area contributed by atoms with Crippen molar-refractivity contribution < 1.29 is 19.1 Å². The summed E-state index contributed by atoms with van der Waals surface area (Å²) in [5.74, 6) is -0.721. The van der Waals surface area contributed by atoms with Crippen LogP contribution in [-0.4, -0.2) is 28.5 Å². The molecule has 6 nitrogen and oxygen atoms in total. The molecule has 3 rings (SSSR count). The van der Waals surface area contributed by atoms with Gasteiger partial charge >= 0.3 is 0 Å². The van der Waals surface area contributed by atoms with Gasteiger partial charge in [0.1, 0.15) is 18.9 Å². The number of carbonyl (C=O) groups excluding carboxylic acids is 3. The summed E-state index contributed by atoms with van der Waals surface area (Å²) < 4.78 is 6.45. The van der Waals surface area contributed by atoms with Gasteiger partial charge in [0.05, 0.1) is 9.38 Å². The summed E-state index contributed by atoms with van der Waals surface area (Å²) >= 11 is 16.2. The molecule has 0 aliphatic carbocycles. The van der Waals surface area contributed by atoms with Gasteiger partial charge in [0.2, 0.25) is 5.91 Å². The van der Waals surface area contributed by atoms with E-state index in [9.17, 15) is 14.4 Å². The van der Waals surface area contributed by atoms with Gasteiger partial charge in [-0.25, -0.2) is 0 Å². The number of rotatable bonds is 6. The highest BCUT2D eigenvalue weighted by molar-refractivity contribution is 9.10. The number of nitrogens with two attached hydrogens (primary N) is 1. The molecule has 0 atom stereocenters. The van der Waals surface area contributed by atoms with Crippen molar-refractivity contribution in [3.8, 4) is 5.75 Å². The summed E-state index contributed by atoms with van der Waals surface area (Å²) in [6.07, 6.45) is 1.57. The number of imide groups is 1. The highest BCUT2D eigenvalue weighted by atomic mass is 79.9. The van der Waals surface area contributed by atoms with E-state index in [4.69, 9.17) is 33.7 Å². The molecule has 3 amide bonds. The Balaban J connectivity index is 1.72. The van der Waals surface area contributed by atoms with Crippen LogP contribution in [0.5, 0.6) is 5.75 Å². The molecule has 0 spiro atoms. The molecule has 2 N–H and O–H groups in total. The Bertz CT molecular complexity index is 1040. The molecule has 0 aromatic heterocycles. The van der Waals surface area contributed by atoms with Crippen molar-refractivity contribution in [1.82, 2.24) is 4.90 Å². The normalized spacial score (nSPS) is 15.3. The third-order valence-electron chi connectivity index (χ3n) is 3.84. The predicted octanol–water partition coefficient (Wildman–Crippen LogP) is 4.86. The van der Waals surface area contributed by atoms with E-state index in [0.717, 1.165) is 22.2 Å². The van der Waals surface area contributed by atoms with E-state index in [2.05, 4.69) is 15.9 Å². The lowest BCUT2D eigenvalue weighted by Gasteiger charge is -2.10. The number of halogens is 3. The lowest BCUT2D eigenvalue weighted by Crippen LogP contribution is -2.36. The Kier molecular flexibility index (Phi) is 6.89. The zero-order valence-corrected chi connectivity index (χ0v) is 18.6. The number of hydrogen-bond donors (Lipinski definition) is 1. The Morgan fingerprint density at radius 2 is 1.97 bits per heavy atom. The smallest absolute Gasteiger partial charge is 0.294 e. The number of primary amides is 1. The molecule has 10 heteroatoms. The van der Waals surface area contributed by atoms with Crippen molar-refractivity contribution >= 4 is 74.0 Å². The molecule has 0 radical (unpaired) electrons. The van der Waals surface area contributed by atoms with Crippen LogP contribution in [0.1, 0.15) is 11.1 Å². The zero-order valence-electron chi connectivity index (χ0n) is 14.7. The SMILES string of the molecule is NC(=O)CN1C(=O)S/C(=C\c2ccc(OCc3ccc(Cl)cc3Cl)c(Br)c2)C1=O. The molecule has 1 saturated heterocycles. The van der Waals surface area contributed by atoms with Crippen LogP contribution in [0.2, 0.25) is 10.0 Å². The molecule has 1 fully saturated rings. The average Bonchev–Trinajstić information content (AvgIpc) is 2.89. The minimum atomic E-state index is -0.751. The first-order valence-electron chi connectivity index (χ1n) is 8.14. The van der Waals surface area contributed by atoms with Gasteiger partial charge in [-0.1, -0.05) is 35.3 Å². The molecule has 1 heterocycles. The highest BCUT2D eigenvalue weighted by Gasteiger charge is 2.35. The Morgan fingerprint density at radius 3 is 2.62 bits per heavy atom. The summed E-state index contributed by atoms with van der Waals surface area (Å²) in [6, 6.07) is 10.4. The van der Waals surface area contributed by atoms with E-state index in [-0.39, 0.29) is 11.5 Å². The fourth-order valence-corrected chi connectivity index (χ4v) is 4.27. The third-order valence-corrected chi connectivity index (χ3v) is 5.95. The Labute approximate surface area is 189 Å². The van der Waals surface area contributed by atoms with Crippen molar-refractivity contribution in [2.45, 2.75) is 6.61 Å². The summed E-state index contributed by atoms with van der Waals surface area (Å²) in [6.45, 7) is -0.189. The van der Waals surface area contributed by atoms with Crippen LogP contribution < -0.4 is 10.5 Å². The van der Waals surface area contributed by atoms with Gasteiger partial charge < -0.3 is 10.5 Å². The van der Waals surface area contributed by atoms with E-state index >= 15 is 0 Å². The molecule has 0 saturated carbocycles. The standard InChI is InChI=1S/C19H13BrCl2N2O4S/c20-13-5-10(6-16-18(26)24(8-17(23)25)19(27)29-16)1-4-15(13)28-9-11-2-3-12(21)7-14(11)22/h1-7H,8-9H2,(H2,23,25)/b16-6-.